The van der Waals surface area contributed by atoms with Crippen molar-refractivity contribution < 1.29 is 37.8 Å². The first-order valence-electron chi connectivity index (χ1n) is 18.7. The molecular formula is C46H48O8P2. The van der Waals surface area contributed by atoms with E-state index in [1.54, 1.807) is 0 Å². The van der Waals surface area contributed by atoms with E-state index in [4.69, 9.17) is 32.7 Å². The maximum atomic E-state index is 13.6. The summed E-state index contributed by atoms with van der Waals surface area (Å²) in [7, 11) is 4.67. The van der Waals surface area contributed by atoms with Gasteiger partial charge in [-0.15, -0.1) is 0 Å². The molecule has 0 saturated carbocycles. The van der Waals surface area contributed by atoms with Gasteiger partial charge in [0.15, 0.2) is 0 Å². The highest BCUT2D eigenvalue weighted by molar-refractivity contribution is 7.09. The molecule has 1 aliphatic heterocycles. The lowest BCUT2D eigenvalue weighted by Gasteiger charge is -2.51. The van der Waals surface area contributed by atoms with Gasteiger partial charge in [0.1, 0.15) is 24.4 Å². The first-order valence-corrected chi connectivity index (χ1v) is 19.7. The Bertz CT molecular complexity index is 2090. The Morgan fingerprint density at radius 3 is 1.52 bits per heavy atom. The summed E-state index contributed by atoms with van der Waals surface area (Å²) in [4.78, 5) is 0. The van der Waals surface area contributed by atoms with Gasteiger partial charge >= 0.3 is 0 Å². The Kier molecular flexibility index (Phi) is 14.4. The van der Waals surface area contributed by atoms with Crippen molar-refractivity contribution in [2.75, 3.05) is 6.61 Å². The minimum atomic E-state index is -2.08. The van der Waals surface area contributed by atoms with Crippen LogP contribution in [-0.4, -0.2) is 36.1 Å². The van der Waals surface area contributed by atoms with E-state index < -0.39 is 30.2 Å². The van der Waals surface area contributed by atoms with Gasteiger partial charge in [-0.25, -0.2) is 0 Å². The maximum Gasteiger partial charge on any atom is 0.223 e. The van der Waals surface area contributed by atoms with Gasteiger partial charge in [-0.2, -0.15) is 0 Å². The van der Waals surface area contributed by atoms with Gasteiger partial charge < -0.3 is 37.8 Å². The van der Waals surface area contributed by atoms with Crippen molar-refractivity contribution in [3.63, 3.8) is 0 Å². The minimum Gasteiger partial charge on any atom is -0.374 e. The van der Waals surface area contributed by atoms with Crippen molar-refractivity contribution in [1.29, 1.82) is 0 Å². The zero-order valence-corrected chi connectivity index (χ0v) is 33.5. The molecule has 0 aliphatic carbocycles. The third-order valence-corrected chi connectivity index (χ3v) is 10.4. The lowest BCUT2D eigenvalue weighted by Crippen LogP contribution is -2.66. The van der Waals surface area contributed by atoms with Crippen LogP contribution in [0.5, 0.6) is 0 Å². The SMILES string of the molecule is OC1(c2cc(COP)c3ccccc3c2COP)O[C@H](COCc2ccccc2)[C@@H](OCc2ccccc2)[C@H](OCc2ccccc2)[C@H]1OCc1ccccc1. The fraction of sp³-hybridized carbons (Fsp3) is 0.261. The number of fused-ring (bicyclic) bond motifs is 1. The number of benzene rings is 6. The zero-order valence-electron chi connectivity index (χ0n) is 31.2. The summed E-state index contributed by atoms with van der Waals surface area (Å²) in [6.45, 7) is 1.56. The summed E-state index contributed by atoms with van der Waals surface area (Å²) < 4.78 is 45.5. The second-order valence-electron chi connectivity index (χ2n) is 13.8. The van der Waals surface area contributed by atoms with Crippen molar-refractivity contribution in [3.8, 4) is 0 Å². The van der Waals surface area contributed by atoms with E-state index in [0.717, 1.165) is 44.2 Å². The van der Waals surface area contributed by atoms with Crippen LogP contribution in [0.4, 0.5) is 0 Å². The van der Waals surface area contributed by atoms with E-state index in [0.29, 0.717) is 12.2 Å². The van der Waals surface area contributed by atoms with Crippen molar-refractivity contribution in [2.45, 2.75) is 69.8 Å². The van der Waals surface area contributed by atoms with Crippen molar-refractivity contribution in [2.24, 2.45) is 0 Å². The monoisotopic (exact) mass is 790 g/mol. The molecule has 7 atom stereocenters. The molecule has 1 fully saturated rings. The van der Waals surface area contributed by atoms with Gasteiger partial charge in [-0.3, -0.25) is 0 Å². The van der Waals surface area contributed by atoms with Crippen molar-refractivity contribution >= 4 is 29.7 Å². The molecule has 1 N–H and O–H groups in total. The quantitative estimate of drug-likeness (QED) is 0.0865. The first kappa shape index (κ1) is 40.3. The topological polar surface area (TPSA) is 84.8 Å². The molecule has 0 bridgehead atoms. The standard InChI is InChI=1S/C46H48O8P2/c47-46(41-25-37(30-52-55)38-23-13-14-24-39(38)40(41)31-53-56)45(51-29-36-21-11-4-12-22-36)44(50-28-35-19-9-3-10-20-35)43(49-27-34-17-7-2-8-18-34)42(54-46)32-48-26-33-15-5-1-6-16-33/h1-25,42-45,47H,26-32,55-56H2/t42-,43-,44+,45-,46?/m1/s1. The summed E-state index contributed by atoms with van der Waals surface area (Å²) in [5, 5.41) is 15.4. The highest BCUT2D eigenvalue weighted by Crippen LogP contribution is 2.45. The van der Waals surface area contributed by atoms with Gasteiger partial charge in [-0.1, -0.05) is 146 Å². The molecule has 6 aromatic carbocycles. The van der Waals surface area contributed by atoms with Crippen LogP contribution in [0.1, 0.15) is 38.9 Å². The number of ether oxygens (including phenoxy) is 5. The molecule has 56 heavy (non-hydrogen) atoms. The van der Waals surface area contributed by atoms with E-state index in [9.17, 15) is 5.11 Å². The molecule has 0 spiro atoms. The van der Waals surface area contributed by atoms with Gasteiger partial charge in [0.25, 0.3) is 0 Å². The minimum absolute atomic E-state index is 0.0951. The van der Waals surface area contributed by atoms with Crippen LogP contribution in [0.2, 0.25) is 0 Å². The molecule has 1 aliphatic rings. The average Bonchev–Trinajstić information content (AvgIpc) is 3.24. The van der Waals surface area contributed by atoms with Crippen LogP contribution < -0.4 is 0 Å². The van der Waals surface area contributed by atoms with Gasteiger partial charge in [-0.05, 0) is 50.2 Å². The molecule has 290 valence electrons. The predicted molar refractivity (Wildman–Crippen MR) is 223 cm³/mol. The first-order chi connectivity index (χ1) is 27.6. The fourth-order valence-electron chi connectivity index (χ4n) is 7.35. The molecule has 3 unspecified atom stereocenters. The van der Waals surface area contributed by atoms with Crippen molar-refractivity contribution in [3.05, 3.63) is 191 Å². The molecule has 1 heterocycles. The molecule has 8 nitrogen and oxygen atoms in total. The average molecular weight is 791 g/mol. The number of aliphatic hydroxyl groups is 1. The van der Waals surface area contributed by atoms with Crippen LogP contribution in [0.15, 0.2) is 152 Å². The second-order valence-corrected chi connectivity index (χ2v) is 14.5. The van der Waals surface area contributed by atoms with Crippen LogP contribution in [0, 0.1) is 0 Å². The van der Waals surface area contributed by atoms with Gasteiger partial charge in [0.05, 0.1) is 46.2 Å². The molecule has 6 aromatic rings. The normalized spacial score (nSPS) is 21.0. The molecule has 0 amide bonds. The van der Waals surface area contributed by atoms with E-state index in [1.165, 1.54) is 0 Å². The Morgan fingerprint density at radius 2 is 0.982 bits per heavy atom. The summed E-state index contributed by atoms with van der Waals surface area (Å²) in [5.41, 5.74) is 5.97. The van der Waals surface area contributed by atoms with Gasteiger partial charge in [0, 0.05) is 24.5 Å². The third kappa shape index (κ3) is 9.79. The van der Waals surface area contributed by atoms with E-state index >= 15 is 0 Å². The number of hydrogen-bond acceptors (Lipinski definition) is 8. The summed E-state index contributed by atoms with van der Waals surface area (Å²) in [6.07, 6.45) is -3.47. The second kappa shape index (κ2) is 20.0. The predicted octanol–water partition coefficient (Wildman–Crippen LogP) is 8.97. The molecule has 7 rings (SSSR count). The maximum absolute atomic E-state index is 13.6. The van der Waals surface area contributed by atoms with Gasteiger partial charge in [0.2, 0.25) is 5.79 Å². The van der Waals surface area contributed by atoms with E-state index in [-0.39, 0.29) is 39.6 Å². The lowest BCUT2D eigenvalue weighted by atomic mass is 9.83. The lowest BCUT2D eigenvalue weighted by molar-refractivity contribution is -0.379. The summed E-state index contributed by atoms with van der Waals surface area (Å²) >= 11 is 0. The van der Waals surface area contributed by atoms with Crippen LogP contribution in [0.3, 0.4) is 0 Å². The largest absolute Gasteiger partial charge is 0.374 e. The Balaban J connectivity index is 1.37. The van der Waals surface area contributed by atoms with Crippen molar-refractivity contribution in [1.82, 2.24) is 0 Å². The highest BCUT2D eigenvalue weighted by Gasteiger charge is 2.58. The summed E-state index contributed by atoms with van der Waals surface area (Å²) in [5.74, 6) is -2.08. The van der Waals surface area contributed by atoms with Crippen LogP contribution in [-0.2, 0) is 78.2 Å². The molecule has 10 heteroatoms. The highest BCUT2D eigenvalue weighted by atomic mass is 31.0. The molecule has 1 saturated heterocycles. The summed E-state index contributed by atoms with van der Waals surface area (Å²) in [6, 6.07) is 49.7. The smallest absolute Gasteiger partial charge is 0.223 e. The Hall–Kier alpha value is -3.88. The van der Waals surface area contributed by atoms with E-state index in [1.807, 2.05) is 152 Å². The van der Waals surface area contributed by atoms with E-state index in [2.05, 4.69) is 18.9 Å². The number of hydrogen-bond donors (Lipinski definition) is 1. The van der Waals surface area contributed by atoms with Crippen LogP contribution >= 0.6 is 18.9 Å². The Morgan fingerprint density at radius 1 is 0.518 bits per heavy atom. The number of rotatable bonds is 18. The molecule has 0 aromatic heterocycles. The van der Waals surface area contributed by atoms with Crippen LogP contribution in [0.25, 0.3) is 10.8 Å². The Labute approximate surface area is 333 Å². The fourth-order valence-corrected chi connectivity index (χ4v) is 7.69. The third-order valence-electron chi connectivity index (χ3n) is 10.0. The zero-order chi connectivity index (χ0) is 38.6. The molecular weight excluding hydrogens is 742 g/mol. The molecule has 0 radical (unpaired) electrons.